The summed E-state index contributed by atoms with van der Waals surface area (Å²) in [6, 6.07) is 3.86. The number of rotatable bonds is 3. The molecule has 1 amide bonds. The van der Waals surface area contributed by atoms with E-state index in [1.807, 2.05) is 21.0 Å². The lowest BCUT2D eigenvalue weighted by Crippen LogP contribution is -2.37. The van der Waals surface area contributed by atoms with Gasteiger partial charge in [-0.2, -0.15) is 0 Å². The number of H-pyrrole nitrogens is 1. The van der Waals surface area contributed by atoms with Crippen LogP contribution in [0.25, 0.3) is 11.0 Å². The van der Waals surface area contributed by atoms with E-state index in [1.165, 1.54) is 6.20 Å². The van der Waals surface area contributed by atoms with Crippen LogP contribution in [0, 0.1) is 12.8 Å². The maximum atomic E-state index is 12.9. The average Bonchev–Trinajstić information content (AvgIpc) is 2.99. The number of amides is 1. The number of pyridine rings is 2. The number of hydrogen-bond donors (Lipinski definition) is 1. The highest BCUT2D eigenvalue weighted by Gasteiger charge is 2.36. The molecule has 0 aromatic carbocycles. The number of aromatic amines is 1. The van der Waals surface area contributed by atoms with Crippen LogP contribution in [-0.4, -0.2) is 58.9 Å². The van der Waals surface area contributed by atoms with Gasteiger partial charge in [0.25, 0.3) is 5.91 Å². The first-order valence-corrected chi connectivity index (χ1v) is 8.37. The molecule has 3 heterocycles. The summed E-state index contributed by atoms with van der Waals surface area (Å²) in [4.78, 5) is 36.8. The van der Waals surface area contributed by atoms with Crippen molar-refractivity contribution in [2.24, 2.45) is 5.92 Å². The molecule has 2 aromatic heterocycles. The zero-order valence-electron chi connectivity index (χ0n) is 14.7. The van der Waals surface area contributed by atoms with Crippen molar-refractivity contribution in [3.05, 3.63) is 39.8 Å². The van der Waals surface area contributed by atoms with E-state index in [9.17, 15) is 9.59 Å². The third kappa shape index (κ3) is 2.82. The fraction of sp³-hybridized carbons (Fsp3) is 0.500. The minimum Gasteiger partial charge on any atom is -0.345 e. The summed E-state index contributed by atoms with van der Waals surface area (Å²) in [6.07, 6.45) is 2.52. The van der Waals surface area contributed by atoms with Crippen molar-refractivity contribution in [2.45, 2.75) is 26.3 Å². The molecule has 6 heteroatoms. The number of hydrogen-bond acceptors (Lipinski definition) is 4. The number of likely N-dealkylation sites (tertiary alicyclic amines) is 1. The summed E-state index contributed by atoms with van der Waals surface area (Å²) in [6.45, 7) is 5.37. The molecule has 0 spiro atoms. The number of likely N-dealkylation sites (N-methyl/N-ethyl adjacent to an activating group) is 1. The minimum atomic E-state index is -0.248. The van der Waals surface area contributed by atoms with Crippen LogP contribution in [0.4, 0.5) is 0 Å². The maximum absolute atomic E-state index is 12.9. The van der Waals surface area contributed by atoms with Crippen molar-refractivity contribution < 1.29 is 4.79 Å². The van der Waals surface area contributed by atoms with Crippen LogP contribution < -0.4 is 5.43 Å². The highest BCUT2D eigenvalue weighted by Crippen LogP contribution is 2.24. The Kier molecular flexibility index (Phi) is 4.41. The summed E-state index contributed by atoms with van der Waals surface area (Å²) >= 11 is 0. The lowest BCUT2D eigenvalue weighted by molar-refractivity contribution is 0.0779. The lowest BCUT2D eigenvalue weighted by atomic mass is 10.0. The molecule has 2 aromatic rings. The van der Waals surface area contributed by atoms with Gasteiger partial charge in [0, 0.05) is 31.0 Å². The number of carbonyl (C=O) groups excluding carboxylic acids is 1. The standard InChI is InChI=1S/C18H24N4O2/c1-5-12-9-22(10-15(12)21(3)4)18(24)14-8-19-17-13(16(14)23)7-6-11(2)20-17/h6-8,12,15H,5,9-10H2,1-4H3,(H,19,20,23)/t12-,15+/m0/s1. The van der Waals surface area contributed by atoms with Crippen LogP contribution in [0.1, 0.15) is 29.4 Å². The van der Waals surface area contributed by atoms with E-state index in [4.69, 9.17) is 0 Å². The van der Waals surface area contributed by atoms with E-state index >= 15 is 0 Å². The van der Waals surface area contributed by atoms with Crippen LogP contribution in [0.15, 0.2) is 23.1 Å². The Morgan fingerprint density at radius 2 is 2.12 bits per heavy atom. The third-order valence-electron chi connectivity index (χ3n) is 4.99. The van der Waals surface area contributed by atoms with Gasteiger partial charge in [0.1, 0.15) is 11.2 Å². The summed E-state index contributed by atoms with van der Waals surface area (Å²) in [5, 5.41) is 0.460. The molecule has 1 saturated heterocycles. The lowest BCUT2D eigenvalue weighted by Gasteiger charge is -2.23. The Balaban J connectivity index is 1.93. The fourth-order valence-corrected chi connectivity index (χ4v) is 3.54. The predicted molar refractivity (Wildman–Crippen MR) is 94.3 cm³/mol. The van der Waals surface area contributed by atoms with Crippen molar-refractivity contribution in [3.63, 3.8) is 0 Å². The van der Waals surface area contributed by atoms with Crippen molar-refractivity contribution >= 4 is 16.9 Å². The Bertz CT molecular complexity index is 827. The topological polar surface area (TPSA) is 69.3 Å². The number of aromatic nitrogens is 2. The second-order valence-corrected chi connectivity index (χ2v) is 6.79. The largest absolute Gasteiger partial charge is 0.345 e. The summed E-state index contributed by atoms with van der Waals surface area (Å²) < 4.78 is 0. The Morgan fingerprint density at radius 1 is 1.38 bits per heavy atom. The van der Waals surface area contributed by atoms with Gasteiger partial charge in [0.2, 0.25) is 5.43 Å². The summed E-state index contributed by atoms with van der Waals surface area (Å²) in [7, 11) is 4.08. The Morgan fingerprint density at radius 3 is 2.75 bits per heavy atom. The zero-order chi connectivity index (χ0) is 17.4. The van der Waals surface area contributed by atoms with Gasteiger partial charge in [-0.1, -0.05) is 13.3 Å². The molecular weight excluding hydrogens is 304 g/mol. The molecule has 1 aliphatic heterocycles. The van der Waals surface area contributed by atoms with Crippen LogP contribution in [-0.2, 0) is 0 Å². The molecule has 0 aliphatic carbocycles. The van der Waals surface area contributed by atoms with E-state index in [0.29, 0.717) is 36.1 Å². The second kappa shape index (κ2) is 6.36. The highest BCUT2D eigenvalue weighted by atomic mass is 16.2. The molecule has 3 rings (SSSR count). The fourth-order valence-electron chi connectivity index (χ4n) is 3.54. The van der Waals surface area contributed by atoms with Crippen LogP contribution in [0.3, 0.4) is 0 Å². The molecule has 6 nitrogen and oxygen atoms in total. The molecule has 0 saturated carbocycles. The Hall–Kier alpha value is -2.21. The van der Waals surface area contributed by atoms with E-state index in [2.05, 4.69) is 21.8 Å². The SMILES string of the molecule is CC[C@H]1CN(C(=O)c2c[nH]c3nc(C)ccc3c2=O)C[C@H]1N(C)C. The molecular formula is C18H24N4O2. The molecule has 1 aliphatic rings. The van der Waals surface area contributed by atoms with Gasteiger partial charge in [0.05, 0.1) is 5.39 Å². The highest BCUT2D eigenvalue weighted by molar-refractivity contribution is 5.96. The second-order valence-electron chi connectivity index (χ2n) is 6.79. The number of fused-ring (bicyclic) bond motifs is 1. The maximum Gasteiger partial charge on any atom is 0.259 e. The molecule has 24 heavy (non-hydrogen) atoms. The van der Waals surface area contributed by atoms with Gasteiger partial charge in [-0.3, -0.25) is 9.59 Å². The minimum absolute atomic E-state index is 0.193. The number of aryl methyl sites for hydroxylation is 1. The first-order chi connectivity index (χ1) is 11.4. The van der Waals surface area contributed by atoms with Gasteiger partial charge in [-0.15, -0.1) is 0 Å². The van der Waals surface area contributed by atoms with Crippen LogP contribution in [0.5, 0.6) is 0 Å². The smallest absolute Gasteiger partial charge is 0.259 e. The quantitative estimate of drug-likeness (QED) is 0.930. The van der Waals surface area contributed by atoms with E-state index in [-0.39, 0.29) is 16.9 Å². The van der Waals surface area contributed by atoms with Gasteiger partial charge in [0.15, 0.2) is 0 Å². The molecule has 0 unspecified atom stereocenters. The van der Waals surface area contributed by atoms with Crippen molar-refractivity contribution in [3.8, 4) is 0 Å². The van der Waals surface area contributed by atoms with Gasteiger partial charge < -0.3 is 14.8 Å². The van der Waals surface area contributed by atoms with Crippen molar-refractivity contribution in [1.29, 1.82) is 0 Å². The van der Waals surface area contributed by atoms with Crippen molar-refractivity contribution in [2.75, 3.05) is 27.2 Å². The van der Waals surface area contributed by atoms with Gasteiger partial charge in [-0.05, 0) is 39.1 Å². The molecule has 2 atom stereocenters. The third-order valence-corrected chi connectivity index (χ3v) is 4.99. The van der Waals surface area contributed by atoms with Gasteiger partial charge >= 0.3 is 0 Å². The number of nitrogens with zero attached hydrogens (tertiary/aromatic N) is 3. The van der Waals surface area contributed by atoms with E-state index in [1.54, 1.807) is 17.0 Å². The number of carbonyl (C=O) groups is 1. The first kappa shape index (κ1) is 16.6. The van der Waals surface area contributed by atoms with Gasteiger partial charge in [-0.25, -0.2) is 4.98 Å². The number of nitrogens with one attached hydrogen (secondary N) is 1. The molecule has 128 valence electrons. The molecule has 1 N–H and O–H groups in total. The normalized spacial score (nSPS) is 21.0. The zero-order valence-corrected chi connectivity index (χ0v) is 14.7. The molecule has 0 radical (unpaired) electrons. The summed E-state index contributed by atoms with van der Waals surface area (Å²) in [5.41, 5.74) is 1.30. The molecule has 1 fully saturated rings. The van der Waals surface area contributed by atoms with E-state index in [0.717, 1.165) is 12.1 Å². The van der Waals surface area contributed by atoms with Crippen LogP contribution in [0.2, 0.25) is 0 Å². The Labute approximate surface area is 141 Å². The summed E-state index contributed by atoms with van der Waals surface area (Å²) in [5.74, 6) is 0.245. The monoisotopic (exact) mass is 328 g/mol. The molecule has 0 bridgehead atoms. The average molecular weight is 328 g/mol. The van der Waals surface area contributed by atoms with Crippen molar-refractivity contribution in [1.82, 2.24) is 19.8 Å². The van der Waals surface area contributed by atoms with E-state index < -0.39 is 0 Å². The first-order valence-electron chi connectivity index (χ1n) is 8.37. The van der Waals surface area contributed by atoms with Crippen LogP contribution >= 0.6 is 0 Å². The predicted octanol–water partition coefficient (Wildman–Crippen LogP) is 1.64.